The Bertz CT molecular complexity index is 1380. The molecule has 0 radical (unpaired) electrons. The number of methoxy groups -OCH3 is 1. The predicted molar refractivity (Wildman–Crippen MR) is 128 cm³/mol. The monoisotopic (exact) mass is 461 g/mol. The minimum atomic E-state index is -0.374. The van der Waals surface area contributed by atoms with Crippen LogP contribution in [0.4, 0.5) is 17.3 Å². The molecule has 4 aromatic rings. The molecule has 0 aliphatic carbocycles. The van der Waals surface area contributed by atoms with Gasteiger partial charge in [-0.2, -0.15) is 0 Å². The average molecular weight is 462 g/mol. The summed E-state index contributed by atoms with van der Waals surface area (Å²) in [7, 11) is 1.37. The number of fused-ring (bicyclic) bond motifs is 2. The normalized spacial score (nSPS) is 12.8. The molecule has 1 aliphatic rings. The zero-order valence-electron chi connectivity index (χ0n) is 17.7. The Hall–Kier alpha value is -4.04. The molecule has 0 saturated carbocycles. The van der Waals surface area contributed by atoms with Gasteiger partial charge in [0.05, 0.1) is 17.7 Å². The van der Waals surface area contributed by atoms with Crippen molar-refractivity contribution < 1.29 is 14.3 Å². The van der Waals surface area contributed by atoms with Crippen molar-refractivity contribution in [3.63, 3.8) is 0 Å². The fraction of sp³-hybridized carbons (Fsp3) is 0.125. The van der Waals surface area contributed by atoms with Crippen LogP contribution in [0.1, 0.15) is 12.0 Å². The lowest BCUT2D eigenvalue weighted by Crippen LogP contribution is -2.08. The second-order valence-electron chi connectivity index (χ2n) is 7.39. The van der Waals surface area contributed by atoms with Crippen molar-refractivity contribution in [2.75, 3.05) is 24.3 Å². The van der Waals surface area contributed by atoms with Gasteiger partial charge in [0.15, 0.2) is 0 Å². The van der Waals surface area contributed by atoms with Crippen LogP contribution in [0.5, 0.6) is 11.5 Å². The Morgan fingerprint density at radius 3 is 2.91 bits per heavy atom. The Morgan fingerprint density at radius 2 is 2.06 bits per heavy atom. The van der Waals surface area contributed by atoms with E-state index in [1.54, 1.807) is 18.2 Å². The van der Waals surface area contributed by atoms with E-state index >= 15 is 0 Å². The summed E-state index contributed by atoms with van der Waals surface area (Å²) in [6.07, 6.45) is 5.60. The van der Waals surface area contributed by atoms with Crippen molar-refractivity contribution in [2.45, 2.75) is 6.42 Å². The lowest BCUT2D eigenvalue weighted by Gasteiger charge is -2.13. The molecule has 3 N–H and O–H groups in total. The van der Waals surface area contributed by atoms with Crippen LogP contribution in [-0.2, 0) is 9.53 Å². The summed E-state index contributed by atoms with van der Waals surface area (Å²) in [6.45, 7) is 0.566. The van der Waals surface area contributed by atoms with E-state index in [0.29, 0.717) is 57.9 Å². The van der Waals surface area contributed by atoms with Crippen LogP contribution in [-0.4, -0.2) is 34.6 Å². The number of nitrogens with zero attached hydrogens (tertiary/aromatic N) is 2. The van der Waals surface area contributed by atoms with E-state index in [1.165, 1.54) is 13.4 Å². The van der Waals surface area contributed by atoms with Gasteiger partial charge >= 0.3 is 5.97 Å². The molecule has 166 valence electrons. The van der Waals surface area contributed by atoms with Crippen molar-refractivity contribution >= 4 is 51.9 Å². The van der Waals surface area contributed by atoms with Crippen LogP contribution in [0.25, 0.3) is 17.0 Å². The number of carbonyl (C=O) groups is 1. The Morgan fingerprint density at radius 1 is 1.15 bits per heavy atom. The average Bonchev–Trinajstić information content (AvgIpc) is 3.20. The Labute approximate surface area is 194 Å². The molecule has 0 saturated heterocycles. The molecule has 8 nitrogen and oxygen atoms in total. The number of benzene rings is 2. The summed E-state index contributed by atoms with van der Waals surface area (Å²) in [5.74, 6) is 2.05. The van der Waals surface area contributed by atoms with Gasteiger partial charge in [-0.3, -0.25) is 0 Å². The van der Waals surface area contributed by atoms with E-state index in [9.17, 15) is 4.79 Å². The van der Waals surface area contributed by atoms with E-state index in [0.717, 1.165) is 10.9 Å². The second kappa shape index (κ2) is 8.84. The largest absolute Gasteiger partial charge is 0.466 e. The summed E-state index contributed by atoms with van der Waals surface area (Å²) in [6, 6.07) is 13.2. The topological polar surface area (TPSA) is 101 Å². The number of nitrogens with one attached hydrogen (secondary N) is 3. The molecule has 2 aromatic heterocycles. The zero-order valence-corrected chi connectivity index (χ0v) is 18.4. The van der Waals surface area contributed by atoms with Gasteiger partial charge in [0.2, 0.25) is 0 Å². The fourth-order valence-electron chi connectivity index (χ4n) is 3.69. The van der Waals surface area contributed by atoms with E-state index < -0.39 is 0 Å². The molecule has 5 rings (SSSR count). The maximum Gasteiger partial charge on any atom is 0.333 e. The third-order valence-corrected chi connectivity index (χ3v) is 5.60. The van der Waals surface area contributed by atoms with Crippen LogP contribution in [0, 0.1) is 0 Å². The van der Waals surface area contributed by atoms with Crippen LogP contribution < -0.4 is 15.4 Å². The SMILES string of the molecule is COC(=O)C1=Cc2c(ncnc2Nc2ccc(Oc3cccc4[nH]ccc34)c(Cl)c2)NCC1. The lowest BCUT2D eigenvalue weighted by atomic mass is 10.1. The molecule has 0 amide bonds. The molecular weight excluding hydrogens is 442 g/mol. The summed E-state index contributed by atoms with van der Waals surface area (Å²) in [4.78, 5) is 23.9. The highest BCUT2D eigenvalue weighted by molar-refractivity contribution is 6.32. The van der Waals surface area contributed by atoms with Crippen LogP contribution in [0.2, 0.25) is 5.02 Å². The van der Waals surface area contributed by atoms with E-state index in [4.69, 9.17) is 21.1 Å². The number of anilines is 3. The van der Waals surface area contributed by atoms with E-state index in [-0.39, 0.29) is 5.97 Å². The van der Waals surface area contributed by atoms with Crippen LogP contribution in [0.3, 0.4) is 0 Å². The van der Waals surface area contributed by atoms with E-state index in [2.05, 4.69) is 25.6 Å². The molecule has 0 atom stereocenters. The Balaban J connectivity index is 1.43. The molecule has 0 spiro atoms. The minimum Gasteiger partial charge on any atom is -0.466 e. The van der Waals surface area contributed by atoms with Crippen molar-refractivity contribution in [3.05, 3.63) is 71.1 Å². The third-order valence-electron chi connectivity index (χ3n) is 5.31. The number of hydrogen-bond donors (Lipinski definition) is 3. The molecule has 0 unspecified atom stereocenters. The smallest absolute Gasteiger partial charge is 0.333 e. The van der Waals surface area contributed by atoms with Crippen molar-refractivity contribution in [2.24, 2.45) is 0 Å². The number of aromatic nitrogens is 3. The van der Waals surface area contributed by atoms with Gasteiger partial charge in [0.25, 0.3) is 0 Å². The Kier molecular flexibility index (Phi) is 5.58. The molecule has 0 fully saturated rings. The molecule has 0 bridgehead atoms. The number of aromatic amines is 1. The van der Waals surface area contributed by atoms with Gasteiger partial charge in [0, 0.05) is 34.9 Å². The number of rotatable bonds is 5. The summed E-state index contributed by atoms with van der Waals surface area (Å²) < 4.78 is 11.0. The standard InChI is InChI=1S/C24H20ClN5O3/c1-32-24(31)14-7-9-27-22-17(11-14)23(29-13-28-22)30-15-5-6-21(18(25)12-15)33-20-4-2-3-19-16(20)8-10-26-19/h2-6,8,10-13,26H,7,9H2,1H3,(H2,27,28,29,30). The second-order valence-corrected chi connectivity index (χ2v) is 7.80. The molecule has 9 heteroatoms. The number of ether oxygens (including phenoxy) is 2. The first-order valence-electron chi connectivity index (χ1n) is 10.3. The maximum atomic E-state index is 12.1. The molecule has 33 heavy (non-hydrogen) atoms. The van der Waals surface area contributed by atoms with Gasteiger partial charge in [-0.25, -0.2) is 14.8 Å². The maximum absolute atomic E-state index is 12.1. The van der Waals surface area contributed by atoms with Crippen LogP contribution in [0.15, 0.2) is 60.6 Å². The summed E-state index contributed by atoms with van der Waals surface area (Å²) in [5, 5.41) is 7.90. The lowest BCUT2D eigenvalue weighted by molar-refractivity contribution is -0.136. The number of carbonyl (C=O) groups excluding carboxylic acids is 1. The van der Waals surface area contributed by atoms with Gasteiger partial charge in [-0.05, 0) is 48.9 Å². The third kappa shape index (κ3) is 4.20. The summed E-state index contributed by atoms with van der Waals surface area (Å²) >= 11 is 6.53. The van der Waals surface area contributed by atoms with Crippen molar-refractivity contribution in [3.8, 4) is 11.5 Å². The zero-order chi connectivity index (χ0) is 22.8. The quantitative estimate of drug-likeness (QED) is 0.336. The number of H-pyrrole nitrogens is 1. The van der Waals surface area contributed by atoms with Crippen molar-refractivity contribution in [1.82, 2.24) is 15.0 Å². The number of halogens is 1. The minimum absolute atomic E-state index is 0.374. The summed E-state index contributed by atoms with van der Waals surface area (Å²) in [5.41, 5.74) is 2.91. The van der Waals surface area contributed by atoms with Gasteiger partial charge in [-0.15, -0.1) is 0 Å². The van der Waals surface area contributed by atoms with Crippen LogP contribution >= 0.6 is 11.6 Å². The van der Waals surface area contributed by atoms with Crippen molar-refractivity contribution in [1.29, 1.82) is 0 Å². The molecule has 3 heterocycles. The highest BCUT2D eigenvalue weighted by Gasteiger charge is 2.19. The molecule has 1 aliphatic heterocycles. The van der Waals surface area contributed by atoms with Gasteiger partial charge in [0.1, 0.15) is 29.5 Å². The van der Waals surface area contributed by atoms with Gasteiger partial charge < -0.3 is 25.1 Å². The first kappa shape index (κ1) is 20.8. The first-order chi connectivity index (χ1) is 16.1. The van der Waals surface area contributed by atoms with Gasteiger partial charge in [-0.1, -0.05) is 17.7 Å². The number of hydrogen-bond acceptors (Lipinski definition) is 7. The highest BCUT2D eigenvalue weighted by atomic mass is 35.5. The first-order valence-corrected chi connectivity index (χ1v) is 10.7. The fourth-order valence-corrected chi connectivity index (χ4v) is 3.91. The molecule has 2 aromatic carbocycles. The number of esters is 1. The predicted octanol–water partition coefficient (Wildman–Crippen LogP) is 5.52. The molecular formula is C24H20ClN5O3. The highest BCUT2D eigenvalue weighted by Crippen LogP contribution is 2.36. The van der Waals surface area contributed by atoms with E-state index in [1.807, 2.05) is 36.5 Å².